The van der Waals surface area contributed by atoms with Gasteiger partial charge in [0.25, 0.3) is 0 Å². The minimum Gasteiger partial charge on any atom is -0.352 e. The van der Waals surface area contributed by atoms with E-state index in [1.807, 2.05) is 25.1 Å². The predicted octanol–water partition coefficient (Wildman–Crippen LogP) is 1.08. The molecule has 15 heavy (non-hydrogen) atoms. The Morgan fingerprint density at radius 3 is 2.47 bits per heavy atom. The molecule has 0 aliphatic carbocycles. The van der Waals surface area contributed by atoms with Crippen molar-refractivity contribution < 1.29 is 4.79 Å². The van der Waals surface area contributed by atoms with Crippen molar-refractivity contribution in [2.24, 2.45) is 5.73 Å². The normalized spacial score (nSPS) is 14.3. The van der Waals surface area contributed by atoms with Crippen LogP contribution in [0, 0.1) is 0 Å². The third-order valence-electron chi connectivity index (χ3n) is 2.19. The Labute approximate surface area is 90.7 Å². The fourth-order valence-corrected chi connectivity index (χ4v) is 1.39. The molecule has 0 bridgehead atoms. The molecule has 0 saturated heterocycles. The van der Waals surface area contributed by atoms with Gasteiger partial charge in [0.15, 0.2) is 0 Å². The molecule has 0 aliphatic heterocycles. The van der Waals surface area contributed by atoms with Crippen LogP contribution in [0.3, 0.4) is 0 Å². The average molecular weight is 206 g/mol. The summed E-state index contributed by atoms with van der Waals surface area (Å²) in [4.78, 5) is 11.3. The van der Waals surface area contributed by atoms with E-state index in [0.717, 1.165) is 6.42 Å². The van der Waals surface area contributed by atoms with Gasteiger partial charge < -0.3 is 11.1 Å². The molecule has 3 N–H and O–H groups in total. The fourth-order valence-electron chi connectivity index (χ4n) is 1.39. The molecule has 0 aliphatic rings. The Morgan fingerprint density at radius 1 is 1.33 bits per heavy atom. The number of carbonyl (C=O) groups is 1. The number of hydrogen-bond acceptors (Lipinski definition) is 2. The van der Waals surface area contributed by atoms with Crippen molar-refractivity contribution in [3.8, 4) is 0 Å². The summed E-state index contributed by atoms with van der Waals surface area (Å²) >= 11 is 0. The molecule has 0 spiro atoms. The van der Waals surface area contributed by atoms with E-state index >= 15 is 0 Å². The van der Waals surface area contributed by atoms with Crippen LogP contribution < -0.4 is 11.1 Å². The smallest absolute Gasteiger partial charge is 0.236 e. The van der Waals surface area contributed by atoms with Crippen molar-refractivity contribution in [3.63, 3.8) is 0 Å². The molecular formula is C12H18N2O. The highest BCUT2D eigenvalue weighted by molar-refractivity contribution is 5.81. The molecule has 0 unspecified atom stereocenters. The molecule has 82 valence electrons. The topological polar surface area (TPSA) is 55.1 Å². The van der Waals surface area contributed by atoms with E-state index in [2.05, 4.69) is 17.4 Å². The quantitative estimate of drug-likeness (QED) is 0.774. The molecule has 0 heterocycles. The number of benzene rings is 1. The van der Waals surface area contributed by atoms with Crippen LogP contribution >= 0.6 is 0 Å². The van der Waals surface area contributed by atoms with E-state index in [-0.39, 0.29) is 11.9 Å². The van der Waals surface area contributed by atoms with Crippen molar-refractivity contribution in [1.29, 1.82) is 0 Å². The first-order chi connectivity index (χ1) is 7.09. The van der Waals surface area contributed by atoms with Gasteiger partial charge in [0.05, 0.1) is 6.04 Å². The number of rotatable bonds is 4. The van der Waals surface area contributed by atoms with Crippen LogP contribution in [0.5, 0.6) is 0 Å². The van der Waals surface area contributed by atoms with Crippen molar-refractivity contribution in [3.05, 3.63) is 35.9 Å². The molecule has 0 saturated carbocycles. The lowest BCUT2D eigenvalue weighted by molar-refractivity contribution is -0.122. The Balaban J connectivity index is 2.43. The van der Waals surface area contributed by atoms with Crippen LogP contribution in [0.2, 0.25) is 0 Å². The number of amides is 1. The van der Waals surface area contributed by atoms with E-state index in [4.69, 9.17) is 5.73 Å². The molecular weight excluding hydrogens is 188 g/mol. The first-order valence-electron chi connectivity index (χ1n) is 5.19. The van der Waals surface area contributed by atoms with Gasteiger partial charge in [-0.05, 0) is 25.8 Å². The second kappa shape index (κ2) is 5.51. The van der Waals surface area contributed by atoms with E-state index in [1.165, 1.54) is 5.56 Å². The maximum Gasteiger partial charge on any atom is 0.236 e. The van der Waals surface area contributed by atoms with Crippen LogP contribution in [-0.2, 0) is 11.2 Å². The van der Waals surface area contributed by atoms with Crippen LogP contribution in [0.15, 0.2) is 30.3 Å². The van der Waals surface area contributed by atoms with Crippen molar-refractivity contribution in [2.45, 2.75) is 32.4 Å². The molecule has 3 heteroatoms. The molecule has 0 radical (unpaired) electrons. The highest BCUT2D eigenvalue weighted by Crippen LogP contribution is 2.02. The number of nitrogens with two attached hydrogens (primary N) is 1. The molecule has 2 atom stereocenters. The predicted molar refractivity (Wildman–Crippen MR) is 61.4 cm³/mol. The molecule has 0 fully saturated rings. The summed E-state index contributed by atoms with van der Waals surface area (Å²) in [5, 5.41) is 2.86. The van der Waals surface area contributed by atoms with Gasteiger partial charge in [-0.3, -0.25) is 4.79 Å². The summed E-state index contributed by atoms with van der Waals surface area (Å²) in [6.45, 7) is 3.66. The number of hydrogen-bond donors (Lipinski definition) is 2. The summed E-state index contributed by atoms with van der Waals surface area (Å²) < 4.78 is 0. The lowest BCUT2D eigenvalue weighted by Crippen LogP contribution is -2.43. The summed E-state index contributed by atoms with van der Waals surface area (Å²) in [5.41, 5.74) is 6.68. The van der Waals surface area contributed by atoms with E-state index in [0.29, 0.717) is 0 Å². The molecule has 1 rings (SSSR count). The first-order valence-corrected chi connectivity index (χ1v) is 5.19. The van der Waals surface area contributed by atoms with Gasteiger partial charge in [0, 0.05) is 6.04 Å². The summed E-state index contributed by atoms with van der Waals surface area (Å²) in [7, 11) is 0. The maximum absolute atomic E-state index is 11.3. The SMILES string of the molecule is C[C@H](Cc1ccccc1)NC(=O)[C@H](C)N. The second-order valence-electron chi connectivity index (χ2n) is 3.89. The van der Waals surface area contributed by atoms with Gasteiger partial charge >= 0.3 is 0 Å². The van der Waals surface area contributed by atoms with Crippen molar-refractivity contribution in [1.82, 2.24) is 5.32 Å². The Hall–Kier alpha value is -1.35. The van der Waals surface area contributed by atoms with Gasteiger partial charge in [-0.2, -0.15) is 0 Å². The van der Waals surface area contributed by atoms with Crippen molar-refractivity contribution >= 4 is 5.91 Å². The zero-order valence-electron chi connectivity index (χ0n) is 9.23. The molecule has 1 aromatic rings. The zero-order valence-corrected chi connectivity index (χ0v) is 9.23. The molecule has 1 amide bonds. The van der Waals surface area contributed by atoms with Crippen LogP contribution in [0.1, 0.15) is 19.4 Å². The monoisotopic (exact) mass is 206 g/mol. The Kier molecular flexibility index (Phi) is 4.31. The zero-order chi connectivity index (χ0) is 11.3. The van der Waals surface area contributed by atoms with E-state index in [1.54, 1.807) is 6.92 Å². The summed E-state index contributed by atoms with van der Waals surface area (Å²) in [6.07, 6.45) is 0.833. The maximum atomic E-state index is 11.3. The molecule has 1 aromatic carbocycles. The molecule has 3 nitrogen and oxygen atoms in total. The highest BCUT2D eigenvalue weighted by atomic mass is 16.2. The van der Waals surface area contributed by atoms with Gasteiger partial charge in [-0.15, -0.1) is 0 Å². The Morgan fingerprint density at radius 2 is 1.93 bits per heavy atom. The Bertz CT molecular complexity index is 309. The van der Waals surface area contributed by atoms with Crippen LogP contribution in [0.4, 0.5) is 0 Å². The van der Waals surface area contributed by atoms with Crippen LogP contribution in [-0.4, -0.2) is 18.0 Å². The standard InChI is InChI=1S/C12H18N2O/c1-9(14-12(15)10(2)13)8-11-6-4-3-5-7-11/h3-7,9-10H,8,13H2,1-2H3,(H,14,15)/t9-,10+/m1/s1. The second-order valence-corrected chi connectivity index (χ2v) is 3.89. The van der Waals surface area contributed by atoms with Gasteiger partial charge in [0.1, 0.15) is 0 Å². The average Bonchev–Trinajstić information content (AvgIpc) is 2.18. The fraction of sp³-hybridized carbons (Fsp3) is 0.417. The summed E-state index contributed by atoms with van der Waals surface area (Å²) in [5.74, 6) is -0.0987. The van der Waals surface area contributed by atoms with E-state index in [9.17, 15) is 4.79 Å². The minimum atomic E-state index is -0.441. The van der Waals surface area contributed by atoms with Gasteiger partial charge in [0.2, 0.25) is 5.91 Å². The minimum absolute atomic E-state index is 0.0987. The lowest BCUT2D eigenvalue weighted by Gasteiger charge is -2.15. The summed E-state index contributed by atoms with van der Waals surface area (Å²) in [6, 6.07) is 9.75. The third-order valence-corrected chi connectivity index (χ3v) is 2.19. The largest absolute Gasteiger partial charge is 0.352 e. The van der Waals surface area contributed by atoms with Gasteiger partial charge in [-0.1, -0.05) is 30.3 Å². The molecule has 0 aromatic heterocycles. The highest BCUT2D eigenvalue weighted by Gasteiger charge is 2.10. The van der Waals surface area contributed by atoms with Crippen LogP contribution in [0.25, 0.3) is 0 Å². The number of nitrogens with one attached hydrogen (secondary N) is 1. The first kappa shape index (κ1) is 11.7. The lowest BCUT2D eigenvalue weighted by atomic mass is 10.1. The number of carbonyl (C=O) groups excluding carboxylic acids is 1. The van der Waals surface area contributed by atoms with Gasteiger partial charge in [-0.25, -0.2) is 0 Å². The third kappa shape index (κ3) is 4.13. The van der Waals surface area contributed by atoms with E-state index < -0.39 is 6.04 Å². The van der Waals surface area contributed by atoms with Crippen molar-refractivity contribution in [2.75, 3.05) is 0 Å².